The Kier molecular flexibility index (Phi) is 5.57. The lowest BCUT2D eigenvalue weighted by atomic mass is 10.1. The summed E-state index contributed by atoms with van der Waals surface area (Å²) >= 11 is 1.57. The van der Waals surface area contributed by atoms with Crippen LogP contribution in [0.25, 0.3) is 11.4 Å². The van der Waals surface area contributed by atoms with Crippen molar-refractivity contribution in [1.29, 1.82) is 0 Å². The van der Waals surface area contributed by atoms with Crippen molar-refractivity contribution in [2.75, 3.05) is 5.32 Å². The van der Waals surface area contributed by atoms with E-state index in [0.29, 0.717) is 0 Å². The molecular weight excluding hydrogens is 368 g/mol. The second-order valence-corrected chi connectivity index (χ2v) is 8.64. The number of amides is 1. The maximum absolute atomic E-state index is 12.7. The zero-order valence-corrected chi connectivity index (χ0v) is 17.3. The SMILES string of the molecule is CCCc1cc(C(=O)Nc2cccc(-c3nnc4n3CCCCC4)c2)sc1C. The number of benzene rings is 1. The van der Waals surface area contributed by atoms with Crippen LogP contribution in [0.5, 0.6) is 0 Å². The molecule has 0 radical (unpaired) electrons. The third-order valence-corrected chi connectivity index (χ3v) is 6.34. The van der Waals surface area contributed by atoms with Crippen LogP contribution >= 0.6 is 11.3 Å². The third kappa shape index (κ3) is 3.87. The molecule has 3 heterocycles. The molecule has 4 rings (SSSR count). The second kappa shape index (κ2) is 8.27. The summed E-state index contributed by atoms with van der Waals surface area (Å²) in [6.07, 6.45) is 6.66. The molecule has 1 aliphatic heterocycles. The molecule has 0 aliphatic carbocycles. The smallest absolute Gasteiger partial charge is 0.265 e. The number of rotatable bonds is 5. The van der Waals surface area contributed by atoms with Crippen LogP contribution in [0.15, 0.2) is 30.3 Å². The third-order valence-electron chi connectivity index (χ3n) is 5.25. The second-order valence-electron chi connectivity index (χ2n) is 7.38. The molecular formula is C22H26N4OS. The summed E-state index contributed by atoms with van der Waals surface area (Å²) in [5.74, 6) is 1.91. The largest absolute Gasteiger partial charge is 0.321 e. The number of hydrogen-bond acceptors (Lipinski definition) is 4. The maximum atomic E-state index is 12.7. The first-order chi connectivity index (χ1) is 13.7. The average Bonchev–Trinajstić information content (AvgIpc) is 3.18. The van der Waals surface area contributed by atoms with Gasteiger partial charge in [-0.1, -0.05) is 31.9 Å². The minimum Gasteiger partial charge on any atom is -0.321 e. The number of carbonyl (C=O) groups is 1. The molecule has 146 valence electrons. The Morgan fingerprint density at radius 2 is 2.11 bits per heavy atom. The monoisotopic (exact) mass is 394 g/mol. The fourth-order valence-corrected chi connectivity index (χ4v) is 4.74. The van der Waals surface area contributed by atoms with E-state index in [1.807, 2.05) is 30.3 Å². The molecule has 28 heavy (non-hydrogen) atoms. The van der Waals surface area contributed by atoms with Gasteiger partial charge in [-0.05, 0) is 49.9 Å². The van der Waals surface area contributed by atoms with Crippen LogP contribution in [-0.2, 0) is 19.4 Å². The standard InChI is InChI=1S/C22H26N4OS/c1-3-8-16-14-19(28-15(16)2)22(27)23-18-10-7-9-17(13-18)21-25-24-20-11-5-4-6-12-26(20)21/h7,9-10,13-14H,3-6,8,11-12H2,1-2H3,(H,23,27). The van der Waals surface area contributed by atoms with Gasteiger partial charge in [-0.15, -0.1) is 21.5 Å². The van der Waals surface area contributed by atoms with Crippen LogP contribution in [0.1, 0.15) is 58.5 Å². The molecule has 3 aromatic rings. The lowest BCUT2D eigenvalue weighted by molar-refractivity contribution is 0.103. The van der Waals surface area contributed by atoms with Crippen LogP contribution in [0.3, 0.4) is 0 Å². The topological polar surface area (TPSA) is 59.8 Å². The van der Waals surface area contributed by atoms with Gasteiger partial charge in [0.05, 0.1) is 4.88 Å². The normalized spacial score (nSPS) is 13.8. The first-order valence-corrected chi connectivity index (χ1v) is 10.9. The summed E-state index contributed by atoms with van der Waals surface area (Å²) in [6.45, 7) is 5.21. The van der Waals surface area contributed by atoms with Gasteiger partial charge < -0.3 is 9.88 Å². The van der Waals surface area contributed by atoms with Crippen molar-refractivity contribution in [3.8, 4) is 11.4 Å². The molecule has 1 aliphatic rings. The number of hydrogen-bond donors (Lipinski definition) is 1. The maximum Gasteiger partial charge on any atom is 0.265 e. The highest BCUT2D eigenvalue weighted by atomic mass is 32.1. The van der Waals surface area contributed by atoms with Gasteiger partial charge in [-0.2, -0.15) is 0 Å². The highest BCUT2D eigenvalue weighted by Gasteiger charge is 2.17. The van der Waals surface area contributed by atoms with Crippen molar-refractivity contribution < 1.29 is 4.79 Å². The van der Waals surface area contributed by atoms with Gasteiger partial charge in [-0.25, -0.2) is 0 Å². The van der Waals surface area contributed by atoms with Crippen molar-refractivity contribution in [2.24, 2.45) is 0 Å². The molecule has 0 spiro atoms. The van der Waals surface area contributed by atoms with Crippen molar-refractivity contribution in [2.45, 2.75) is 58.9 Å². The Labute approximate surface area is 169 Å². The van der Waals surface area contributed by atoms with Crippen LogP contribution in [-0.4, -0.2) is 20.7 Å². The minimum absolute atomic E-state index is 0.0484. The first-order valence-electron chi connectivity index (χ1n) is 10.1. The molecule has 1 N–H and O–H groups in total. The van der Waals surface area contributed by atoms with E-state index in [1.165, 1.54) is 23.3 Å². The van der Waals surface area contributed by atoms with E-state index in [0.717, 1.165) is 60.0 Å². The fraction of sp³-hybridized carbons (Fsp3) is 0.409. The summed E-state index contributed by atoms with van der Waals surface area (Å²) in [5, 5.41) is 11.9. The van der Waals surface area contributed by atoms with Gasteiger partial charge in [0.25, 0.3) is 5.91 Å². The molecule has 0 bridgehead atoms. The number of aromatic nitrogens is 3. The lowest BCUT2D eigenvalue weighted by Gasteiger charge is -2.09. The molecule has 6 heteroatoms. The van der Waals surface area contributed by atoms with E-state index in [2.05, 4.69) is 33.9 Å². The zero-order chi connectivity index (χ0) is 19.5. The predicted octanol–water partition coefficient (Wildman–Crippen LogP) is 5.25. The summed E-state index contributed by atoms with van der Waals surface area (Å²) < 4.78 is 2.23. The van der Waals surface area contributed by atoms with E-state index in [1.54, 1.807) is 11.3 Å². The molecule has 0 atom stereocenters. The molecule has 1 amide bonds. The molecule has 1 aromatic carbocycles. The van der Waals surface area contributed by atoms with Gasteiger partial charge in [0, 0.05) is 29.1 Å². The van der Waals surface area contributed by atoms with Gasteiger partial charge in [0.2, 0.25) is 0 Å². The van der Waals surface area contributed by atoms with Crippen molar-refractivity contribution >= 4 is 22.9 Å². The Bertz CT molecular complexity index is 988. The summed E-state index contributed by atoms with van der Waals surface area (Å²) in [4.78, 5) is 14.7. The summed E-state index contributed by atoms with van der Waals surface area (Å²) in [5.41, 5.74) is 3.06. The molecule has 0 fully saturated rings. The quantitative estimate of drug-likeness (QED) is 0.643. The summed E-state index contributed by atoms with van der Waals surface area (Å²) in [6, 6.07) is 9.95. The zero-order valence-electron chi connectivity index (χ0n) is 16.5. The Hall–Kier alpha value is -2.47. The van der Waals surface area contributed by atoms with Crippen molar-refractivity contribution in [3.63, 3.8) is 0 Å². The minimum atomic E-state index is -0.0484. The number of nitrogens with one attached hydrogen (secondary N) is 1. The van der Waals surface area contributed by atoms with Gasteiger partial charge in [0.1, 0.15) is 5.82 Å². The highest BCUT2D eigenvalue weighted by Crippen LogP contribution is 2.27. The predicted molar refractivity (Wildman–Crippen MR) is 114 cm³/mol. The molecule has 0 saturated carbocycles. The van der Waals surface area contributed by atoms with E-state index < -0.39 is 0 Å². The van der Waals surface area contributed by atoms with E-state index in [-0.39, 0.29) is 5.91 Å². The molecule has 2 aromatic heterocycles. The number of carbonyl (C=O) groups excluding carboxylic acids is 1. The number of thiophene rings is 1. The number of nitrogens with zero attached hydrogens (tertiary/aromatic N) is 3. The lowest BCUT2D eigenvalue weighted by Crippen LogP contribution is -2.10. The van der Waals surface area contributed by atoms with Crippen molar-refractivity contribution in [3.05, 3.63) is 51.5 Å². The fourth-order valence-electron chi connectivity index (χ4n) is 3.78. The van der Waals surface area contributed by atoms with Crippen LogP contribution in [0.2, 0.25) is 0 Å². The highest BCUT2D eigenvalue weighted by molar-refractivity contribution is 7.14. The Balaban J connectivity index is 1.55. The molecule has 0 saturated heterocycles. The number of aryl methyl sites for hydroxylation is 3. The number of fused-ring (bicyclic) bond motifs is 1. The molecule has 0 unspecified atom stereocenters. The first kappa shape index (κ1) is 18.9. The van der Waals surface area contributed by atoms with E-state index in [4.69, 9.17) is 0 Å². The van der Waals surface area contributed by atoms with E-state index >= 15 is 0 Å². The Morgan fingerprint density at radius 3 is 2.96 bits per heavy atom. The van der Waals surface area contributed by atoms with Gasteiger partial charge >= 0.3 is 0 Å². The van der Waals surface area contributed by atoms with Gasteiger partial charge in [-0.3, -0.25) is 4.79 Å². The van der Waals surface area contributed by atoms with Crippen LogP contribution < -0.4 is 5.32 Å². The molecule has 5 nitrogen and oxygen atoms in total. The van der Waals surface area contributed by atoms with Crippen LogP contribution in [0.4, 0.5) is 5.69 Å². The average molecular weight is 395 g/mol. The summed E-state index contributed by atoms with van der Waals surface area (Å²) in [7, 11) is 0. The van der Waals surface area contributed by atoms with Crippen molar-refractivity contribution in [1.82, 2.24) is 14.8 Å². The number of anilines is 1. The Morgan fingerprint density at radius 1 is 1.21 bits per heavy atom. The van der Waals surface area contributed by atoms with Crippen LogP contribution in [0, 0.1) is 6.92 Å². The van der Waals surface area contributed by atoms with E-state index in [9.17, 15) is 4.79 Å². The van der Waals surface area contributed by atoms with Gasteiger partial charge in [0.15, 0.2) is 5.82 Å².